The van der Waals surface area contributed by atoms with Crippen LogP contribution >= 0.6 is 0 Å². The molecule has 0 heterocycles. The minimum atomic E-state index is -0.668. The van der Waals surface area contributed by atoms with Crippen LogP contribution in [0.2, 0.25) is 0 Å². The Kier molecular flexibility index (Phi) is 8.42. The van der Waals surface area contributed by atoms with E-state index >= 15 is 0 Å². The minimum Gasteiger partial charge on any atom is -0.491 e. The lowest BCUT2D eigenvalue weighted by atomic mass is 10.0. The highest BCUT2D eigenvalue weighted by molar-refractivity contribution is 5.39. The number of aryl methyl sites for hydroxylation is 1. The summed E-state index contributed by atoms with van der Waals surface area (Å²) >= 11 is 0. The third-order valence-corrected chi connectivity index (χ3v) is 3.52. The van der Waals surface area contributed by atoms with E-state index in [4.69, 9.17) is 14.9 Å². The molecular weight excluding hydrogens is 282 g/mol. The van der Waals surface area contributed by atoms with Crippen LogP contribution in [0.15, 0.2) is 18.2 Å². The molecule has 1 rings (SSSR count). The molecule has 0 aromatic heterocycles. The van der Waals surface area contributed by atoms with E-state index in [0.717, 1.165) is 16.9 Å². The van der Waals surface area contributed by atoms with Crippen molar-refractivity contribution in [2.24, 2.45) is 0 Å². The van der Waals surface area contributed by atoms with Gasteiger partial charge < -0.3 is 20.1 Å². The molecule has 22 heavy (non-hydrogen) atoms. The average Bonchev–Trinajstić information content (AvgIpc) is 2.45. The van der Waals surface area contributed by atoms with E-state index in [0.29, 0.717) is 25.6 Å². The Labute approximate surface area is 133 Å². The molecule has 0 aliphatic carbocycles. The third kappa shape index (κ3) is 6.32. The summed E-state index contributed by atoms with van der Waals surface area (Å²) in [6.07, 6.45) is -0.668. The lowest BCUT2D eigenvalue weighted by Gasteiger charge is -2.24. The second kappa shape index (κ2) is 9.79. The predicted molar refractivity (Wildman–Crippen MR) is 87.4 cm³/mol. The summed E-state index contributed by atoms with van der Waals surface area (Å²) in [5.74, 6) is 1.16. The van der Waals surface area contributed by atoms with Crippen LogP contribution < -0.4 is 4.74 Å². The lowest BCUT2D eigenvalue weighted by molar-refractivity contribution is 0.0549. The van der Waals surface area contributed by atoms with Gasteiger partial charge in [0.25, 0.3) is 0 Å². The van der Waals surface area contributed by atoms with Crippen LogP contribution in [0.5, 0.6) is 5.75 Å². The summed E-state index contributed by atoms with van der Waals surface area (Å²) in [6.45, 7) is 7.65. The summed E-state index contributed by atoms with van der Waals surface area (Å²) in [5.41, 5.74) is 2.25. The molecule has 0 fully saturated rings. The van der Waals surface area contributed by atoms with E-state index in [-0.39, 0.29) is 19.8 Å². The van der Waals surface area contributed by atoms with Crippen LogP contribution in [-0.4, -0.2) is 65.8 Å². The summed E-state index contributed by atoms with van der Waals surface area (Å²) in [5, 5.41) is 28.1. The second-order valence-corrected chi connectivity index (χ2v) is 5.91. The largest absolute Gasteiger partial charge is 0.491 e. The molecular formula is C17H29NO4. The molecule has 5 nitrogen and oxygen atoms in total. The highest BCUT2D eigenvalue weighted by Crippen LogP contribution is 2.27. The monoisotopic (exact) mass is 311 g/mol. The number of benzene rings is 1. The average molecular weight is 311 g/mol. The van der Waals surface area contributed by atoms with Crippen LogP contribution in [-0.2, 0) is 0 Å². The molecule has 0 bridgehead atoms. The van der Waals surface area contributed by atoms with Crippen molar-refractivity contribution in [1.29, 1.82) is 0 Å². The normalized spacial score (nSPS) is 12.9. The zero-order chi connectivity index (χ0) is 16.5. The maximum absolute atomic E-state index is 10.1. The maximum Gasteiger partial charge on any atom is 0.123 e. The number of hydrogen-bond acceptors (Lipinski definition) is 5. The molecule has 0 saturated heterocycles. The van der Waals surface area contributed by atoms with Gasteiger partial charge in [-0.05, 0) is 30.0 Å². The first-order valence-electron chi connectivity index (χ1n) is 7.83. The highest BCUT2D eigenvalue weighted by Gasteiger charge is 2.14. The second-order valence-electron chi connectivity index (χ2n) is 5.91. The Balaban J connectivity index is 2.59. The van der Waals surface area contributed by atoms with Crippen LogP contribution in [0.3, 0.4) is 0 Å². The summed E-state index contributed by atoms with van der Waals surface area (Å²) < 4.78 is 5.80. The van der Waals surface area contributed by atoms with Gasteiger partial charge in [-0.15, -0.1) is 0 Å². The van der Waals surface area contributed by atoms with Crippen molar-refractivity contribution < 1.29 is 20.1 Å². The van der Waals surface area contributed by atoms with Gasteiger partial charge in [-0.3, -0.25) is 4.90 Å². The lowest BCUT2D eigenvalue weighted by Crippen LogP contribution is -2.38. The quantitative estimate of drug-likeness (QED) is 0.604. The van der Waals surface area contributed by atoms with Crippen LogP contribution in [0, 0.1) is 6.92 Å². The van der Waals surface area contributed by atoms with Crippen LogP contribution in [0.25, 0.3) is 0 Å². The van der Waals surface area contributed by atoms with E-state index in [2.05, 4.69) is 26.0 Å². The van der Waals surface area contributed by atoms with E-state index in [9.17, 15) is 5.11 Å². The van der Waals surface area contributed by atoms with Crippen molar-refractivity contribution in [2.45, 2.75) is 32.8 Å². The fraction of sp³-hybridized carbons (Fsp3) is 0.647. The van der Waals surface area contributed by atoms with Gasteiger partial charge in [0.05, 0.1) is 13.2 Å². The molecule has 1 atom stereocenters. The van der Waals surface area contributed by atoms with Gasteiger partial charge in [-0.25, -0.2) is 0 Å². The smallest absolute Gasteiger partial charge is 0.123 e. The van der Waals surface area contributed by atoms with Gasteiger partial charge in [0.15, 0.2) is 0 Å². The van der Waals surface area contributed by atoms with Crippen molar-refractivity contribution in [3.63, 3.8) is 0 Å². The highest BCUT2D eigenvalue weighted by atomic mass is 16.5. The van der Waals surface area contributed by atoms with Crippen molar-refractivity contribution in [3.05, 3.63) is 29.3 Å². The maximum atomic E-state index is 10.1. The molecule has 3 N–H and O–H groups in total. The van der Waals surface area contributed by atoms with Gasteiger partial charge >= 0.3 is 0 Å². The van der Waals surface area contributed by atoms with E-state index < -0.39 is 6.10 Å². The molecule has 0 spiro atoms. The number of aliphatic hydroxyl groups excluding tert-OH is 3. The number of hydrogen-bond donors (Lipinski definition) is 3. The molecule has 0 saturated carbocycles. The SMILES string of the molecule is Cc1ccc(C(C)C)c(OC[C@H](O)CN(CCO)CCO)c1. The first kappa shape index (κ1) is 18.9. The Morgan fingerprint density at radius 2 is 1.77 bits per heavy atom. The molecule has 0 radical (unpaired) electrons. The Bertz CT molecular complexity index is 431. The Hall–Kier alpha value is -1.14. The molecule has 5 heteroatoms. The molecule has 0 aliphatic rings. The topological polar surface area (TPSA) is 73.2 Å². The summed E-state index contributed by atoms with van der Waals surface area (Å²) in [4.78, 5) is 1.81. The van der Waals surface area contributed by atoms with Crippen molar-refractivity contribution in [2.75, 3.05) is 39.5 Å². The zero-order valence-electron chi connectivity index (χ0n) is 13.8. The Morgan fingerprint density at radius 3 is 2.32 bits per heavy atom. The van der Waals surface area contributed by atoms with Gasteiger partial charge in [0.1, 0.15) is 18.5 Å². The van der Waals surface area contributed by atoms with E-state index in [1.807, 2.05) is 17.9 Å². The summed E-state index contributed by atoms with van der Waals surface area (Å²) in [6, 6.07) is 6.11. The first-order chi connectivity index (χ1) is 10.5. The molecule has 126 valence electrons. The van der Waals surface area contributed by atoms with Crippen LogP contribution in [0.1, 0.15) is 30.9 Å². The fourth-order valence-electron chi connectivity index (χ4n) is 2.36. The van der Waals surface area contributed by atoms with Gasteiger partial charge in [0, 0.05) is 19.6 Å². The third-order valence-electron chi connectivity index (χ3n) is 3.52. The number of aliphatic hydroxyl groups is 3. The molecule has 0 aliphatic heterocycles. The number of rotatable bonds is 10. The summed E-state index contributed by atoms with van der Waals surface area (Å²) in [7, 11) is 0. The van der Waals surface area contributed by atoms with Gasteiger partial charge in [0.2, 0.25) is 0 Å². The molecule has 0 unspecified atom stereocenters. The minimum absolute atomic E-state index is 0.00293. The Morgan fingerprint density at radius 1 is 1.14 bits per heavy atom. The van der Waals surface area contributed by atoms with Crippen molar-refractivity contribution in [3.8, 4) is 5.75 Å². The predicted octanol–water partition coefficient (Wildman–Crippen LogP) is 1.14. The van der Waals surface area contributed by atoms with Gasteiger partial charge in [-0.2, -0.15) is 0 Å². The van der Waals surface area contributed by atoms with Crippen molar-refractivity contribution in [1.82, 2.24) is 4.90 Å². The zero-order valence-corrected chi connectivity index (χ0v) is 13.8. The first-order valence-corrected chi connectivity index (χ1v) is 7.83. The fourth-order valence-corrected chi connectivity index (χ4v) is 2.36. The van der Waals surface area contributed by atoms with E-state index in [1.54, 1.807) is 0 Å². The molecule has 1 aromatic carbocycles. The molecule has 1 aromatic rings. The van der Waals surface area contributed by atoms with Crippen molar-refractivity contribution >= 4 is 0 Å². The van der Waals surface area contributed by atoms with Crippen LogP contribution in [0.4, 0.5) is 0 Å². The number of nitrogens with zero attached hydrogens (tertiary/aromatic N) is 1. The standard InChI is InChI=1S/C17H29NO4/c1-13(2)16-5-4-14(3)10-17(16)22-12-15(21)11-18(6-8-19)7-9-20/h4-5,10,13,15,19-21H,6-9,11-12H2,1-3H3/t15-/m1/s1. The molecule has 0 amide bonds. The van der Waals surface area contributed by atoms with E-state index in [1.165, 1.54) is 0 Å². The van der Waals surface area contributed by atoms with Gasteiger partial charge in [-0.1, -0.05) is 26.0 Å². The number of ether oxygens (including phenoxy) is 1.